The molecule has 92 valence electrons. The van der Waals surface area contributed by atoms with Crippen molar-refractivity contribution < 1.29 is 20.1 Å². The summed E-state index contributed by atoms with van der Waals surface area (Å²) < 4.78 is 0. The fourth-order valence-electron chi connectivity index (χ4n) is 1.31. The Morgan fingerprint density at radius 3 is 2.28 bits per heavy atom. The number of carbonyl (C=O) groups is 1. The molecule has 0 aliphatic heterocycles. The number of carboxylic acid groups (broad SMARTS) is 1. The maximum absolute atomic E-state index is 11.0. The van der Waals surface area contributed by atoms with Gasteiger partial charge in [0.25, 0.3) is 0 Å². The fourth-order valence-corrected chi connectivity index (χ4v) is 1.31. The number of rotatable bonds is 3. The van der Waals surface area contributed by atoms with Crippen LogP contribution in [-0.2, 0) is 0 Å². The van der Waals surface area contributed by atoms with E-state index in [9.17, 15) is 4.79 Å². The first kappa shape index (κ1) is 11.6. The molecule has 2 aromatic rings. The third-order valence-corrected chi connectivity index (χ3v) is 2.02. The number of aromatic hydroxyl groups is 2. The number of hydrogen-bond acceptors (Lipinski definition) is 7. The molecule has 0 saturated heterocycles. The molecule has 0 bridgehead atoms. The van der Waals surface area contributed by atoms with E-state index in [0.717, 1.165) is 0 Å². The minimum Gasteiger partial charge on any atom is -0.479 e. The molecule has 18 heavy (non-hydrogen) atoms. The van der Waals surface area contributed by atoms with Crippen molar-refractivity contribution in [3.05, 3.63) is 29.8 Å². The Balaban J connectivity index is 2.37. The van der Waals surface area contributed by atoms with E-state index in [-0.39, 0.29) is 17.2 Å². The topological polar surface area (TPSA) is 128 Å². The van der Waals surface area contributed by atoms with E-state index < -0.39 is 18.0 Å². The summed E-state index contributed by atoms with van der Waals surface area (Å²) >= 11 is 0. The second-order valence-corrected chi connectivity index (χ2v) is 3.23. The lowest BCUT2D eigenvalue weighted by Gasteiger charge is -2.07. The van der Waals surface area contributed by atoms with Crippen molar-refractivity contribution in [2.24, 2.45) is 0 Å². The smallest absolute Gasteiger partial charge is 0.337 e. The van der Waals surface area contributed by atoms with Crippen LogP contribution in [-0.4, -0.2) is 36.2 Å². The highest BCUT2D eigenvalue weighted by Gasteiger charge is 2.11. The van der Waals surface area contributed by atoms with E-state index in [4.69, 9.17) is 15.3 Å². The number of para-hydroxylation sites is 1. The molecule has 1 heterocycles. The SMILES string of the molecule is O=C(O)c1ccccc1Nc1nc(O)nc(O)n1. The Morgan fingerprint density at radius 2 is 1.67 bits per heavy atom. The normalized spacial score (nSPS) is 10.0. The third-order valence-electron chi connectivity index (χ3n) is 2.02. The van der Waals surface area contributed by atoms with Gasteiger partial charge in [0, 0.05) is 0 Å². The van der Waals surface area contributed by atoms with Crippen LogP contribution in [0.5, 0.6) is 12.0 Å². The van der Waals surface area contributed by atoms with Gasteiger partial charge in [-0.2, -0.15) is 9.97 Å². The molecule has 2 rings (SSSR count). The van der Waals surface area contributed by atoms with Crippen LogP contribution < -0.4 is 5.32 Å². The van der Waals surface area contributed by atoms with E-state index >= 15 is 0 Å². The molecule has 0 aliphatic carbocycles. The van der Waals surface area contributed by atoms with Crippen molar-refractivity contribution in [2.45, 2.75) is 0 Å². The number of nitrogens with one attached hydrogen (secondary N) is 1. The summed E-state index contributed by atoms with van der Waals surface area (Å²) in [6, 6.07) is 4.75. The predicted octanol–water partition coefficient (Wildman–Crippen LogP) is 0.725. The van der Waals surface area contributed by atoms with Crippen molar-refractivity contribution in [2.75, 3.05) is 5.32 Å². The largest absolute Gasteiger partial charge is 0.479 e. The van der Waals surface area contributed by atoms with Crippen molar-refractivity contribution in [3.8, 4) is 12.0 Å². The first-order valence-corrected chi connectivity index (χ1v) is 4.79. The van der Waals surface area contributed by atoms with Gasteiger partial charge in [-0.15, -0.1) is 4.98 Å². The minimum atomic E-state index is -1.12. The molecule has 0 saturated carbocycles. The lowest BCUT2D eigenvalue weighted by Crippen LogP contribution is -2.04. The molecule has 0 aliphatic rings. The van der Waals surface area contributed by atoms with Crippen LogP contribution in [0, 0.1) is 0 Å². The number of aromatic nitrogens is 3. The Hall–Kier alpha value is -2.90. The molecule has 4 N–H and O–H groups in total. The second-order valence-electron chi connectivity index (χ2n) is 3.23. The number of hydrogen-bond donors (Lipinski definition) is 4. The number of nitrogens with zero attached hydrogens (tertiary/aromatic N) is 3. The Kier molecular flexibility index (Phi) is 2.92. The number of aromatic carboxylic acids is 1. The van der Waals surface area contributed by atoms with Gasteiger partial charge in [0.2, 0.25) is 5.95 Å². The van der Waals surface area contributed by atoms with E-state index in [1.807, 2.05) is 0 Å². The second kappa shape index (κ2) is 4.53. The molecule has 0 radical (unpaired) electrons. The standard InChI is InChI=1S/C10H8N4O4/c15-7(16)5-3-1-2-4-6(5)11-8-12-9(17)14-10(18)13-8/h1-4H,(H,15,16)(H3,11,12,13,14,17,18). The number of carboxylic acids is 1. The lowest BCUT2D eigenvalue weighted by atomic mass is 10.2. The van der Waals surface area contributed by atoms with Crippen LogP contribution in [0.25, 0.3) is 0 Å². The molecule has 0 atom stereocenters. The van der Waals surface area contributed by atoms with Gasteiger partial charge in [0.05, 0.1) is 11.3 Å². The fraction of sp³-hybridized carbons (Fsp3) is 0. The number of benzene rings is 1. The Labute approximate surface area is 101 Å². The van der Waals surface area contributed by atoms with Crippen LogP contribution in [0.15, 0.2) is 24.3 Å². The summed E-state index contributed by atoms with van der Waals surface area (Å²) in [5.74, 6) is -1.28. The van der Waals surface area contributed by atoms with Crippen molar-refractivity contribution in [1.82, 2.24) is 15.0 Å². The predicted molar refractivity (Wildman–Crippen MR) is 59.8 cm³/mol. The van der Waals surface area contributed by atoms with Gasteiger partial charge in [0.15, 0.2) is 0 Å². The Morgan fingerprint density at radius 1 is 1.06 bits per heavy atom. The molecular weight excluding hydrogens is 240 g/mol. The van der Waals surface area contributed by atoms with E-state index in [0.29, 0.717) is 0 Å². The highest BCUT2D eigenvalue weighted by Crippen LogP contribution is 2.20. The summed E-state index contributed by atoms with van der Waals surface area (Å²) in [4.78, 5) is 21.1. The zero-order chi connectivity index (χ0) is 13.1. The highest BCUT2D eigenvalue weighted by atomic mass is 16.4. The maximum atomic E-state index is 11.0. The van der Waals surface area contributed by atoms with Gasteiger partial charge in [-0.05, 0) is 12.1 Å². The van der Waals surface area contributed by atoms with E-state index in [1.54, 1.807) is 12.1 Å². The molecule has 1 aromatic heterocycles. The maximum Gasteiger partial charge on any atom is 0.337 e. The third kappa shape index (κ3) is 2.43. The average Bonchev–Trinajstić information content (AvgIpc) is 2.27. The van der Waals surface area contributed by atoms with Gasteiger partial charge in [-0.1, -0.05) is 12.1 Å². The van der Waals surface area contributed by atoms with Crippen molar-refractivity contribution in [1.29, 1.82) is 0 Å². The molecule has 8 heteroatoms. The first-order chi connectivity index (χ1) is 8.56. The van der Waals surface area contributed by atoms with Gasteiger partial charge in [-0.25, -0.2) is 4.79 Å². The van der Waals surface area contributed by atoms with Crippen LogP contribution in [0.1, 0.15) is 10.4 Å². The molecule has 0 fully saturated rings. The van der Waals surface area contributed by atoms with E-state index in [2.05, 4.69) is 20.3 Å². The lowest BCUT2D eigenvalue weighted by molar-refractivity contribution is 0.0698. The van der Waals surface area contributed by atoms with Crippen LogP contribution >= 0.6 is 0 Å². The van der Waals surface area contributed by atoms with Gasteiger partial charge in [-0.3, -0.25) is 0 Å². The summed E-state index contributed by atoms with van der Waals surface area (Å²) in [6.07, 6.45) is 0. The summed E-state index contributed by atoms with van der Waals surface area (Å²) in [6.45, 7) is 0. The van der Waals surface area contributed by atoms with Crippen LogP contribution in [0.2, 0.25) is 0 Å². The summed E-state index contributed by atoms with van der Waals surface area (Å²) in [5, 5.41) is 29.7. The summed E-state index contributed by atoms with van der Waals surface area (Å²) in [7, 11) is 0. The van der Waals surface area contributed by atoms with Gasteiger partial charge < -0.3 is 20.6 Å². The minimum absolute atomic E-state index is 0.0110. The Bertz CT molecular complexity index is 582. The van der Waals surface area contributed by atoms with Crippen molar-refractivity contribution >= 4 is 17.6 Å². The van der Waals surface area contributed by atoms with E-state index in [1.165, 1.54) is 12.1 Å². The van der Waals surface area contributed by atoms with Crippen LogP contribution in [0.3, 0.4) is 0 Å². The summed E-state index contributed by atoms with van der Waals surface area (Å²) in [5.41, 5.74) is 0.242. The van der Waals surface area contributed by atoms with Gasteiger partial charge in [0.1, 0.15) is 0 Å². The molecule has 0 spiro atoms. The monoisotopic (exact) mass is 248 g/mol. The highest BCUT2D eigenvalue weighted by molar-refractivity contribution is 5.94. The van der Waals surface area contributed by atoms with Crippen LogP contribution in [0.4, 0.5) is 11.6 Å². The zero-order valence-corrected chi connectivity index (χ0v) is 8.90. The first-order valence-electron chi connectivity index (χ1n) is 4.79. The molecular formula is C10H8N4O4. The quantitative estimate of drug-likeness (QED) is 0.625. The zero-order valence-electron chi connectivity index (χ0n) is 8.90. The molecule has 0 unspecified atom stereocenters. The molecule has 1 aromatic carbocycles. The molecule has 0 amide bonds. The van der Waals surface area contributed by atoms with Crippen molar-refractivity contribution in [3.63, 3.8) is 0 Å². The van der Waals surface area contributed by atoms with Gasteiger partial charge >= 0.3 is 18.0 Å². The number of anilines is 2. The molecule has 8 nitrogen and oxygen atoms in total. The average molecular weight is 248 g/mol.